The van der Waals surface area contributed by atoms with E-state index in [1.807, 2.05) is 19.1 Å². The van der Waals surface area contributed by atoms with Gasteiger partial charge in [0.1, 0.15) is 0 Å². The summed E-state index contributed by atoms with van der Waals surface area (Å²) in [4.78, 5) is 12.3. The van der Waals surface area contributed by atoms with E-state index < -0.39 is 0 Å². The van der Waals surface area contributed by atoms with Crippen LogP contribution in [0.25, 0.3) is 0 Å². The summed E-state index contributed by atoms with van der Waals surface area (Å²) >= 11 is 0. The Labute approximate surface area is 154 Å². The van der Waals surface area contributed by atoms with Crippen molar-refractivity contribution < 1.29 is 14.6 Å². The number of phenolic OH excluding ortho intramolecular Hbond substituents is 1. The number of methoxy groups -OCH3 is 1. The molecule has 26 heavy (non-hydrogen) atoms. The number of hydrazone groups is 1. The molecule has 0 unspecified atom stereocenters. The minimum absolute atomic E-state index is 0.0585. The third-order valence-corrected chi connectivity index (χ3v) is 4.11. The van der Waals surface area contributed by atoms with Crippen molar-refractivity contribution in [3.05, 3.63) is 59.2 Å². The number of nitrogens with one attached hydrogen (secondary N) is 1. The zero-order chi connectivity index (χ0) is 19.1. The van der Waals surface area contributed by atoms with Crippen molar-refractivity contribution in [2.45, 2.75) is 33.1 Å². The van der Waals surface area contributed by atoms with Crippen molar-refractivity contribution in [2.75, 3.05) is 7.11 Å². The minimum atomic E-state index is -0.297. The summed E-state index contributed by atoms with van der Waals surface area (Å²) in [6, 6.07) is 13.0. The van der Waals surface area contributed by atoms with Crippen LogP contribution < -0.4 is 10.2 Å². The van der Waals surface area contributed by atoms with Crippen LogP contribution in [0.5, 0.6) is 11.5 Å². The lowest BCUT2D eigenvalue weighted by Crippen LogP contribution is -2.23. The highest BCUT2D eigenvalue weighted by Gasteiger charge is 2.14. The van der Waals surface area contributed by atoms with E-state index in [1.54, 1.807) is 12.1 Å². The van der Waals surface area contributed by atoms with Gasteiger partial charge < -0.3 is 9.84 Å². The van der Waals surface area contributed by atoms with Crippen LogP contribution in [0.4, 0.5) is 0 Å². The van der Waals surface area contributed by atoms with Crippen LogP contribution in [-0.2, 0) is 11.2 Å². The monoisotopic (exact) mass is 354 g/mol. The van der Waals surface area contributed by atoms with Crippen molar-refractivity contribution in [1.29, 1.82) is 0 Å². The lowest BCUT2D eigenvalue weighted by molar-refractivity contribution is -0.122. The number of aromatic hydroxyl groups is 1. The third-order valence-electron chi connectivity index (χ3n) is 4.11. The van der Waals surface area contributed by atoms with Crippen LogP contribution in [0.15, 0.2) is 47.6 Å². The van der Waals surface area contributed by atoms with Gasteiger partial charge in [-0.3, -0.25) is 4.79 Å². The minimum Gasteiger partial charge on any atom is -0.504 e. The second-order valence-electron chi connectivity index (χ2n) is 6.73. The molecule has 0 aliphatic heterocycles. The smallest absolute Gasteiger partial charge is 0.247 e. The van der Waals surface area contributed by atoms with E-state index in [2.05, 4.69) is 36.5 Å². The summed E-state index contributed by atoms with van der Waals surface area (Å²) in [7, 11) is 1.48. The molecule has 1 atom stereocenters. The van der Waals surface area contributed by atoms with Crippen LogP contribution in [-0.4, -0.2) is 24.3 Å². The highest BCUT2D eigenvalue weighted by Crippen LogP contribution is 2.25. The van der Waals surface area contributed by atoms with E-state index in [-0.39, 0.29) is 17.6 Å². The second-order valence-corrected chi connectivity index (χ2v) is 6.73. The second kappa shape index (κ2) is 9.04. The van der Waals surface area contributed by atoms with Crippen LogP contribution in [0.2, 0.25) is 0 Å². The molecule has 0 aliphatic rings. The van der Waals surface area contributed by atoms with Gasteiger partial charge in [-0.1, -0.05) is 38.1 Å². The van der Waals surface area contributed by atoms with E-state index in [1.165, 1.54) is 25.0 Å². The molecular weight excluding hydrogens is 328 g/mol. The van der Waals surface area contributed by atoms with Crippen molar-refractivity contribution in [2.24, 2.45) is 11.0 Å². The summed E-state index contributed by atoms with van der Waals surface area (Å²) in [5, 5.41) is 13.6. The number of carbonyl (C=O) groups excluding carboxylic acids is 1. The van der Waals surface area contributed by atoms with Crippen LogP contribution >= 0.6 is 0 Å². The number of carbonyl (C=O) groups is 1. The van der Waals surface area contributed by atoms with Crippen molar-refractivity contribution in [3.8, 4) is 11.5 Å². The molecule has 0 aliphatic carbocycles. The topological polar surface area (TPSA) is 70.9 Å². The Hall–Kier alpha value is -2.82. The lowest BCUT2D eigenvalue weighted by atomic mass is 9.96. The molecule has 138 valence electrons. The van der Waals surface area contributed by atoms with Crippen LogP contribution in [0.1, 0.15) is 43.4 Å². The normalized spacial score (nSPS) is 12.3. The number of hydrogen-bond acceptors (Lipinski definition) is 4. The first kappa shape index (κ1) is 19.5. The Morgan fingerprint density at radius 3 is 2.50 bits per heavy atom. The van der Waals surface area contributed by atoms with Gasteiger partial charge in [0.2, 0.25) is 5.91 Å². The maximum absolute atomic E-state index is 12.3. The maximum atomic E-state index is 12.3. The molecule has 5 heteroatoms. The molecule has 0 saturated heterocycles. The quantitative estimate of drug-likeness (QED) is 0.586. The Kier molecular flexibility index (Phi) is 6.78. The average molecular weight is 354 g/mol. The van der Waals surface area contributed by atoms with Gasteiger partial charge in [-0.2, -0.15) is 5.10 Å². The van der Waals surface area contributed by atoms with E-state index in [4.69, 9.17) is 4.74 Å². The van der Waals surface area contributed by atoms with E-state index >= 15 is 0 Å². The molecule has 0 spiro atoms. The molecule has 0 saturated carbocycles. The summed E-state index contributed by atoms with van der Waals surface area (Å²) in [6.07, 6.45) is 2.54. The molecule has 5 nitrogen and oxygen atoms in total. The summed E-state index contributed by atoms with van der Waals surface area (Å²) < 4.78 is 5.04. The molecule has 0 aromatic heterocycles. The summed E-state index contributed by atoms with van der Waals surface area (Å²) in [6.45, 7) is 6.23. The number of phenols is 1. The van der Waals surface area contributed by atoms with Crippen molar-refractivity contribution in [3.63, 3.8) is 0 Å². The van der Waals surface area contributed by atoms with Crippen molar-refractivity contribution >= 4 is 12.1 Å². The Morgan fingerprint density at radius 1 is 1.19 bits per heavy atom. The zero-order valence-electron chi connectivity index (χ0n) is 15.7. The fraction of sp³-hybridized carbons (Fsp3) is 0.333. The molecule has 0 bridgehead atoms. The highest BCUT2D eigenvalue weighted by atomic mass is 16.5. The predicted molar refractivity (Wildman–Crippen MR) is 104 cm³/mol. The molecule has 2 aromatic carbocycles. The number of benzene rings is 2. The molecule has 0 heterocycles. The summed E-state index contributed by atoms with van der Waals surface area (Å²) in [5.41, 5.74) is 5.50. The molecule has 1 amide bonds. The fourth-order valence-electron chi connectivity index (χ4n) is 2.61. The van der Waals surface area contributed by atoms with Crippen LogP contribution in [0, 0.1) is 5.92 Å². The first-order valence-corrected chi connectivity index (χ1v) is 8.69. The Bertz CT molecular complexity index is 767. The van der Waals surface area contributed by atoms with E-state index in [0.717, 1.165) is 12.0 Å². The Morgan fingerprint density at radius 2 is 1.88 bits per heavy atom. The first-order chi connectivity index (χ1) is 12.4. The largest absolute Gasteiger partial charge is 0.504 e. The third kappa shape index (κ3) is 5.34. The number of rotatable bonds is 7. The zero-order valence-corrected chi connectivity index (χ0v) is 15.7. The number of amides is 1. The maximum Gasteiger partial charge on any atom is 0.247 e. The highest BCUT2D eigenvalue weighted by molar-refractivity contribution is 5.86. The van der Waals surface area contributed by atoms with Gasteiger partial charge in [-0.15, -0.1) is 0 Å². The van der Waals surface area contributed by atoms with Crippen LogP contribution in [0.3, 0.4) is 0 Å². The van der Waals surface area contributed by atoms with Gasteiger partial charge in [-0.05, 0) is 54.2 Å². The summed E-state index contributed by atoms with van der Waals surface area (Å²) in [5.74, 6) is 0.547. The van der Waals surface area contributed by atoms with Gasteiger partial charge >= 0.3 is 0 Å². The molecular formula is C21H26N2O3. The SMILES string of the molecule is COc1cc(/C=N/NC(=O)[C@@H](C)c2ccc(CC(C)C)cc2)ccc1O. The number of hydrogen-bond donors (Lipinski definition) is 2. The van der Waals surface area contributed by atoms with Gasteiger partial charge in [0, 0.05) is 0 Å². The first-order valence-electron chi connectivity index (χ1n) is 8.69. The standard InChI is InChI=1S/C21H26N2O3/c1-14(2)11-16-5-8-18(9-6-16)15(3)21(25)23-22-13-17-7-10-19(24)20(12-17)26-4/h5-10,12-15,24H,11H2,1-4H3,(H,23,25)/b22-13+/t15-/m0/s1. The molecule has 0 radical (unpaired) electrons. The van der Waals surface area contributed by atoms with Gasteiger partial charge in [0.05, 0.1) is 19.2 Å². The van der Waals surface area contributed by atoms with E-state index in [0.29, 0.717) is 17.2 Å². The fourth-order valence-corrected chi connectivity index (χ4v) is 2.61. The van der Waals surface area contributed by atoms with Crippen molar-refractivity contribution in [1.82, 2.24) is 5.43 Å². The predicted octanol–water partition coefficient (Wildman–Crippen LogP) is 3.85. The molecule has 2 rings (SSSR count). The Balaban J connectivity index is 1.96. The molecule has 0 fully saturated rings. The van der Waals surface area contributed by atoms with E-state index in [9.17, 15) is 9.90 Å². The van der Waals surface area contributed by atoms with Gasteiger partial charge in [0.15, 0.2) is 11.5 Å². The number of ether oxygens (including phenoxy) is 1. The molecule has 2 aromatic rings. The average Bonchev–Trinajstić information content (AvgIpc) is 2.62. The lowest BCUT2D eigenvalue weighted by Gasteiger charge is -2.11. The van der Waals surface area contributed by atoms with Gasteiger partial charge in [-0.25, -0.2) is 5.43 Å². The van der Waals surface area contributed by atoms with Gasteiger partial charge in [0.25, 0.3) is 0 Å². The molecule has 2 N–H and O–H groups in total. The number of nitrogens with zero attached hydrogens (tertiary/aromatic N) is 1.